The molecular weight excluding hydrogens is 1320 g/mol. The molecule has 0 aliphatic carbocycles. The minimum absolute atomic E-state index is 0.689. The van der Waals surface area contributed by atoms with E-state index >= 15 is 0 Å². The van der Waals surface area contributed by atoms with Crippen LogP contribution in [0.5, 0.6) is 0 Å². The normalized spacial score (nSPS) is 12.7. The Bertz CT molecular complexity index is 3180. The molecule has 8 aromatic rings. The number of thiophene rings is 4. The van der Waals surface area contributed by atoms with Gasteiger partial charge in [0, 0.05) is 9.75 Å². The van der Waals surface area contributed by atoms with Crippen molar-refractivity contribution in [3.63, 3.8) is 0 Å². The molecule has 0 amide bonds. The molecule has 0 aliphatic heterocycles. The molecule has 0 aromatic carbocycles. The van der Waals surface area contributed by atoms with E-state index in [-0.39, 0.29) is 0 Å². The van der Waals surface area contributed by atoms with E-state index in [1.807, 2.05) is 90.7 Å². The predicted octanol–water partition coefficient (Wildman–Crippen LogP) is 32.6. The average molecular weight is 1450 g/mol. The Morgan fingerprint density at radius 3 is 0.885 bits per heavy atom. The van der Waals surface area contributed by atoms with Gasteiger partial charge >= 0.3 is 0 Å². The van der Waals surface area contributed by atoms with E-state index in [2.05, 4.69) is 76.6 Å². The molecule has 0 radical (unpaired) electrons. The van der Waals surface area contributed by atoms with Crippen LogP contribution in [0.25, 0.3) is 68.6 Å². The molecule has 96 heavy (non-hydrogen) atoms. The van der Waals surface area contributed by atoms with Gasteiger partial charge in [0.25, 0.3) is 0 Å². The maximum atomic E-state index is 5.64. The lowest BCUT2D eigenvalue weighted by molar-refractivity contribution is 0.403. The fraction of sp³-hybridized carbons (Fsp3) is 0.714. The smallest absolute Gasteiger partial charge is 0.155 e. The highest BCUT2D eigenvalue weighted by Crippen LogP contribution is 2.50. The first-order chi connectivity index (χ1) is 47.4. The third-order valence-corrected chi connectivity index (χ3v) is 29.7. The van der Waals surface area contributed by atoms with Crippen LogP contribution in [-0.4, -0.2) is 19.9 Å². The van der Waals surface area contributed by atoms with Crippen molar-refractivity contribution in [3.8, 4) is 49.3 Å². The fourth-order valence-corrected chi connectivity index (χ4v) is 23.6. The first kappa shape index (κ1) is 79.5. The highest BCUT2D eigenvalue weighted by molar-refractivity contribution is 7.34. The molecule has 0 saturated heterocycles. The third-order valence-electron chi connectivity index (χ3n) is 20.6. The molecular formula is C84H130N4S8. The molecule has 0 N–H and O–H groups in total. The Kier molecular flexibility index (Phi) is 39.7. The summed E-state index contributed by atoms with van der Waals surface area (Å²) >= 11 is 15.2. The molecule has 0 spiro atoms. The van der Waals surface area contributed by atoms with Crippen LogP contribution in [0.4, 0.5) is 0 Å². The molecule has 0 bridgehead atoms. The molecule has 12 heteroatoms. The van der Waals surface area contributed by atoms with Gasteiger partial charge in [0.15, 0.2) is 19.3 Å². The van der Waals surface area contributed by atoms with Crippen molar-refractivity contribution in [2.75, 3.05) is 0 Å². The van der Waals surface area contributed by atoms with Crippen LogP contribution < -0.4 is 0 Å². The summed E-state index contributed by atoms with van der Waals surface area (Å²) in [6, 6.07) is 10.1. The van der Waals surface area contributed by atoms with E-state index in [1.165, 1.54) is 386 Å². The lowest BCUT2D eigenvalue weighted by Crippen LogP contribution is -2.05. The number of aromatic nitrogens is 4. The minimum atomic E-state index is 0.689. The van der Waals surface area contributed by atoms with Crippen LogP contribution in [0.1, 0.15) is 372 Å². The molecule has 8 aromatic heterocycles. The number of hydrogen-bond acceptors (Lipinski definition) is 12. The van der Waals surface area contributed by atoms with Gasteiger partial charge in [0.1, 0.15) is 20.0 Å². The van der Waals surface area contributed by atoms with Gasteiger partial charge in [-0.1, -0.05) is 382 Å². The van der Waals surface area contributed by atoms with Gasteiger partial charge in [-0.05, 0) is 108 Å². The predicted molar refractivity (Wildman–Crippen MR) is 440 cm³/mol. The van der Waals surface area contributed by atoms with E-state index in [0.717, 1.165) is 44.5 Å². The first-order valence-corrected chi connectivity index (χ1v) is 47.0. The van der Waals surface area contributed by atoms with Crippen molar-refractivity contribution in [1.82, 2.24) is 19.9 Å². The highest BCUT2D eigenvalue weighted by Gasteiger charge is 2.26. The molecule has 0 saturated carbocycles. The number of unbranched alkanes of at least 4 members (excludes halogenated alkanes) is 38. The largest absolute Gasteiger partial charge is 0.222 e. The van der Waals surface area contributed by atoms with Gasteiger partial charge < -0.3 is 0 Å². The average Bonchev–Trinajstić information content (AvgIpc) is 1.62. The van der Waals surface area contributed by atoms with Crippen molar-refractivity contribution in [2.24, 2.45) is 11.8 Å². The summed E-state index contributed by atoms with van der Waals surface area (Å²) in [4.78, 5) is 34.9. The molecule has 8 heterocycles. The number of aryl methyl sites for hydroxylation is 2. The van der Waals surface area contributed by atoms with Crippen molar-refractivity contribution in [3.05, 3.63) is 57.3 Å². The van der Waals surface area contributed by atoms with Gasteiger partial charge in [-0.3, -0.25) is 0 Å². The lowest BCUT2D eigenvalue weighted by Gasteiger charge is -2.17. The second-order valence-electron chi connectivity index (χ2n) is 29.0. The Balaban J connectivity index is 1.04. The quantitative estimate of drug-likeness (QED) is 0.0357. The van der Waals surface area contributed by atoms with Crippen LogP contribution >= 0.6 is 90.7 Å². The standard InChI is InChI=1S/C84H130N4S8/c1-7-13-19-25-29-31-33-35-37-39-43-49-55-67-57-59-89-73(67)77-85-81-83(93-77)87-79(95-81)75-68(56-50-44-40-38-36-34-32-30-26-20-14-8-2)63-71(91-75)72-64-70(62-66(52-46-24-18-12-6)54-48-42-28-22-16-10-4)76(92-72)80-88-84-82(96-80)86-78(94-84)74-69(58-60-90-74)61-65(51-45-23-17-11-5)53-47-41-27-21-15-9-3/h57-60,63-66H,7-56,61-62H2,1-6H3. The van der Waals surface area contributed by atoms with Gasteiger partial charge in [0.05, 0.1) is 19.5 Å². The van der Waals surface area contributed by atoms with Crippen LogP contribution in [0, 0.1) is 11.8 Å². The molecule has 0 fully saturated rings. The van der Waals surface area contributed by atoms with E-state index in [9.17, 15) is 0 Å². The van der Waals surface area contributed by atoms with Crippen molar-refractivity contribution < 1.29 is 0 Å². The number of rotatable bonds is 59. The number of hydrogen-bond donors (Lipinski definition) is 0. The van der Waals surface area contributed by atoms with Gasteiger partial charge in [-0.15, -0.1) is 45.3 Å². The fourth-order valence-electron chi connectivity index (χ4n) is 14.7. The van der Waals surface area contributed by atoms with Crippen LogP contribution in [0.3, 0.4) is 0 Å². The van der Waals surface area contributed by atoms with E-state index < -0.39 is 0 Å². The first-order valence-electron chi connectivity index (χ1n) is 40.4. The topological polar surface area (TPSA) is 51.6 Å². The minimum Gasteiger partial charge on any atom is -0.222 e. The van der Waals surface area contributed by atoms with Crippen molar-refractivity contribution in [2.45, 2.75) is 375 Å². The Labute approximate surface area is 618 Å². The maximum Gasteiger partial charge on any atom is 0.155 e. The summed E-state index contributed by atoms with van der Waals surface area (Å²) in [5.41, 5.74) is 6.02. The molecule has 4 nitrogen and oxygen atoms in total. The second kappa shape index (κ2) is 47.9. The zero-order valence-corrected chi connectivity index (χ0v) is 68.0. The molecule has 2 atom stereocenters. The summed E-state index contributed by atoms with van der Waals surface area (Å²) in [7, 11) is 0. The summed E-state index contributed by atoms with van der Waals surface area (Å²) in [6.07, 6.45) is 70.3. The summed E-state index contributed by atoms with van der Waals surface area (Å²) < 4.78 is 0. The van der Waals surface area contributed by atoms with Gasteiger partial charge in [-0.25, -0.2) is 19.9 Å². The van der Waals surface area contributed by atoms with Crippen molar-refractivity contribution in [1.29, 1.82) is 0 Å². The van der Waals surface area contributed by atoms with Crippen LogP contribution in [-0.2, 0) is 25.7 Å². The number of nitrogens with zero attached hydrogens (tertiary/aromatic N) is 4. The van der Waals surface area contributed by atoms with Crippen molar-refractivity contribution >= 4 is 110 Å². The Hall–Kier alpha value is -2.16. The summed E-state index contributed by atoms with van der Waals surface area (Å²) in [5.74, 6) is 1.45. The summed E-state index contributed by atoms with van der Waals surface area (Å²) in [6.45, 7) is 14.0. The zero-order valence-electron chi connectivity index (χ0n) is 61.4. The van der Waals surface area contributed by atoms with Crippen LogP contribution in [0.15, 0.2) is 35.0 Å². The number of fused-ring (bicyclic) bond motifs is 2. The molecule has 8 rings (SSSR count). The van der Waals surface area contributed by atoms with E-state index in [1.54, 1.807) is 0 Å². The Morgan fingerprint density at radius 1 is 0.260 bits per heavy atom. The highest BCUT2D eigenvalue weighted by atomic mass is 32.1. The summed E-state index contributed by atoms with van der Waals surface area (Å²) in [5, 5.41) is 9.34. The van der Waals surface area contributed by atoms with Gasteiger partial charge in [0.2, 0.25) is 0 Å². The zero-order chi connectivity index (χ0) is 67.0. The number of thiazole rings is 4. The van der Waals surface area contributed by atoms with E-state index in [4.69, 9.17) is 19.9 Å². The van der Waals surface area contributed by atoms with E-state index in [0.29, 0.717) is 5.92 Å². The maximum absolute atomic E-state index is 5.64. The second-order valence-corrected chi connectivity index (χ2v) is 36.9. The molecule has 0 aliphatic rings. The SMILES string of the molecule is CCCCCCCCCCCCCCc1ccsc1-c1nc2sc(-c3sc(-c4cc(CC(CCCCCC)CCCCCCCC)c(-c5nc6sc(-c7sccc7CC(CCCCCC)CCCCCCCC)nc6s5)s4)cc3CCCCCCCCCCCCCC)nc2s1. The monoisotopic (exact) mass is 1450 g/mol. The Morgan fingerprint density at radius 2 is 0.521 bits per heavy atom. The molecule has 534 valence electrons. The lowest BCUT2D eigenvalue weighted by atomic mass is 9.88. The van der Waals surface area contributed by atoms with Crippen LogP contribution in [0.2, 0.25) is 0 Å². The third kappa shape index (κ3) is 27.6. The molecule has 2 unspecified atom stereocenters. The van der Waals surface area contributed by atoms with Gasteiger partial charge in [-0.2, -0.15) is 0 Å².